The fourth-order valence-corrected chi connectivity index (χ4v) is 3.27. The van der Waals surface area contributed by atoms with Crippen LogP contribution in [0, 0.1) is 0 Å². The Labute approximate surface area is 144 Å². The van der Waals surface area contributed by atoms with Gasteiger partial charge in [0, 0.05) is 19.4 Å². The zero-order chi connectivity index (χ0) is 18.4. The van der Waals surface area contributed by atoms with Crippen LogP contribution in [0.4, 0.5) is 0 Å². The molecule has 0 saturated heterocycles. The Morgan fingerprint density at radius 3 is 2.64 bits per heavy atom. The first-order valence-electron chi connectivity index (χ1n) is 7.40. The Morgan fingerprint density at radius 2 is 2.00 bits per heavy atom. The summed E-state index contributed by atoms with van der Waals surface area (Å²) in [5.41, 5.74) is -0.0585. The average Bonchev–Trinajstić information content (AvgIpc) is 3.10. The van der Waals surface area contributed by atoms with Gasteiger partial charge in [-0.3, -0.25) is 9.20 Å². The minimum absolute atomic E-state index is 0.0760. The molecule has 0 aromatic carbocycles. The number of nitrogens with zero attached hydrogens (tertiary/aromatic N) is 4. The van der Waals surface area contributed by atoms with Crippen LogP contribution in [0.3, 0.4) is 0 Å². The Bertz CT molecular complexity index is 1060. The summed E-state index contributed by atoms with van der Waals surface area (Å²) >= 11 is 0. The number of sulfone groups is 1. The van der Waals surface area contributed by atoms with E-state index in [1.54, 1.807) is 38.2 Å². The van der Waals surface area contributed by atoms with Crippen molar-refractivity contribution in [3.05, 3.63) is 30.2 Å². The number of hydrogen-bond donors (Lipinski definition) is 1. The maximum Gasteiger partial charge on any atom is 0.278 e. The maximum atomic E-state index is 12.0. The third kappa shape index (κ3) is 3.12. The number of carbonyl (C=O) groups is 1. The number of fused-ring (bicyclic) bond motifs is 1. The molecule has 132 valence electrons. The summed E-state index contributed by atoms with van der Waals surface area (Å²) in [6.45, 7) is 4.86. The van der Waals surface area contributed by atoms with Crippen molar-refractivity contribution < 1.29 is 17.7 Å². The van der Waals surface area contributed by atoms with E-state index >= 15 is 0 Å². The van der Waals surface area contributed by atoms with Gasteiger partial charge in [0.05, 0.1) is 11.1 Å². The van der Waals surface area contributed by atoms with E-state index < -0.39 is 15.4 Å². The first-order chi connectivity index (χ1) is 11.6. The molecule has 3 aromatic rings. The summed E-state index contributed by atoms with van der Waals surface area (Å²) in [6, 6.07) is 5.16. The van der Waals surface area contributed by atoms with Gasteiger partial charge in [0.25, 0.3) is 5.89 Å². The summed E-state index contributed by atoms with van der Waals surface area (Å²) in [7, 11) is -3.55. The maximum absolute atomic E-state index is 12.0. The standard InChI is InChI=1S/C15H17N5O4S/c1-9(21)18-15(2,3)13-17-12(24-19-13)11-10-7-5-6-8-20(10)14(16-11)25(4,22)23/h5-8H,1-4H3,(H,18,21). The monoisotopic (exact) mass is 363 g/mol. The van der Waals surface area contributed by atoms with E-state index in [0.717, 1.165) is 6.26 Å². The van der Waals surface area contributed by atoms with E-state index in [4.69, 9.17) is 4.52 Å². The number of nitrogens with one attached hydrogen (secondary N) is 1. The predicted molar refractivity (Wildman–Crippen MR) is 88.4 cm³/mol. The molecule has 1 amide bonds. The summed E-state index contributed by atoms with van der Waals surface area (Å²) in [4.78, 5) is 19.8. The van der Waals surface area contributed by atoms with Crippen molar-refractivity contribution >= 4 is 21.3 Å². The number of rotatable bonds is 4. The molecule has 9 nitrogen and oxygen atoms in total. The van der Waals surface area contributed by atoms with Crippen LogP contribution < -0.4 is 5.32 Å². The minimum Gasteiger partial charge on any atom is -0.344 e. The molecule has 0 saturated carbocycles. The van der Waals surface area contributed by atoms with Crippen LogP contribution in [0.25, 0.3) is 17.1 Å². The molecule has 10 heteroatoms. The van der Waals surface area contributed by atoms with Crippen molar-refractivity contribution in [2.45, 2.75) is 31.5 Å². The van der Waals surface area contributed by atoms with Crippen LogP contribution in [0.1, 0.15) is 26.6 Å². The molecule has 0 radical (unpaired) electrons. The van der Waals surface area contributed by atoms with Crippen molar-refractivity contribution in [2.75, 3.05) is 6.26 Å². The highest BCUT2D eigenvalue weighted by Crippen LogP contribution is 2.27. The van der Waals surface area contributed by atoms with Gasteiger partial charge in [0.2, 0.25) is 20.9 Å². The summed E-state index contributed by atoms with van der Waals surface area (Å²) in [5.74, 6) is 0.103. The molecular formula is C15H17N5O4S. The smallest absolute Gasteiger partial charge is 0.278 e. The predicted octanol–water partition coefficient (Wildman–Crippen LogP) is 1.16. The molecule has 0 atom stereocenters. The lowest BCUT2D eigenvalue weighted by Gasteiger charge is -2.20. The molecule has 3 heterocycles. The Morgan fingerprint density at radius 1 is 1.28 bits per heavy atom. The van der Waals surface area contributed by atoms with Crippen molar-refractivity contribution in [3.63, 3.8) is 0 Å². The van der Waals surface area contributed by atoms with Gasteiger partial charge in [0.15, 0.2) is 11.5 Å². The van der Waals surface area contributed by atoms with Gasteiger partial charge >= 0.3 is 0 Å². The summed E-state index contributed by atoms with van der Waals surface area (Å²) in [5, 5.41) is 6.51. The number of hydrogen-bond acceptors (Lipinski definition) is 7. The summed E-state index contributed by atoms with van der Waals surface area (Å²) in [6.07, 6.45) is 2.68. The van der Waals surface area contributed by atoms with Crippen LogP contribution in [0.15, 0.2) is 34.1 Å². The first-order valence-corrected chi connectivity index (χ1v) is 9.29. The number of amides is 1. The molecule has 3 aromatic heterocycles. The molecule has 0 aliphatic heterocycles. The molecule has 0 fully saturated rings. The van der Waals surface area contributed by atoms with Crippen molar-refractivity contribution in [1.82, 2.24) is 24.8 Å². The summed E-state index contributed by atoms with van der Waals surface area (Å²) < 4.78 is 30.7. The van der Waals surface area contributed by atoms with Crippen molar-refractivity contribution in [2.24, 2.45) is 0 Å². The molecule has 0 aliphatic rings. The lowest BCUT2D eigenvalue weighted by Crippen LogP contribution is -2.40. The SMILES string of the molecule is CC(=O)NC(C)(C)c1noc(-c2nc(S(C)(=O)=O)n3ccccc23)n1. The number of aromatic nitrogens is 4. The molecule has 25 heavy (non-hydrogen) atoms. The highest BCUT2D eigenvalue weighted by molar-refractivity contribution is 7.90. The van der Waals surface area contributed by atoms with E-state index in [9.17, 15) is 13.2 Å². The zero-order valence-electron chi connectivity index (χ0n) is 14.1. The number of carbonyl (C=O) groups excluding carboxylic acids is 1. The third-order valence-electron chi connectivity index (χ3n) is 3.52. The van der Waals surface area contributed by atoms with E-state index in [-0.39, 0.29) is 28.5 Å². The molecule has 1 N–H and O–H groups in total. The highest BCUT2D eigenvalue weighted by Gasteiger charge is 2.29. The zero-order valence-corrected chi connectivity index (χ0v) is 15.0. The van der Waals surface area contributed by atoms with Crippen LogP contribution >= 0.6 is 0 Å². The van der Waals surface area contributed by atoms with E-state index in [1.165, 1.54) is 11.3 Å². The minimum atomic E-state index is -3.55. The van der Waals surface area contributed by atoms with Gasteiger partial charge in [-0.2, -0.15) is 4.98 Å². The number of pyridine rings is 1. The third-order valence-corrected chi connectivity index (χ3v) is 4.48. The van der Waals surface area contributed by atoms with Crippen LogP contribution in [-0.4, -0.2) is 40.1 Å². The van der Waals surface area contributed by atoms with Crippen molar-refractivity contribution in [3.8, 4) is 11.6 Å². The molecular weight excluding hydrogens is 346 g/mol. The Balaban J connectivity index is 2.14. The molecule has 0 unspecified atom stereocenters. The normalized spacial score (nSPS) is 12.5. The molecule has 3 rings (SSSR count). The van der Waals surface area contributed by atoms with E-state index in [0.29, 0.717) is 5.52 Å². The number of imidazole rings is 1. The van der Waals surface area contributed by atoms with Crippen LogP contribution in [0.2, 0.25) is 0 Å². The van der Waals surface area contributed by atoms with Crippen LogP contribution in [-0.2, 0) is 20.2 Å². The Hall–Kier alpha value is -2.75. The second-order valence-electron chi connectivity index (χ2n) is 6.20. The van der Waals surface area contributed by atoms with Crippen LogP contribution in [0.5, 0.6) is 0 Å². The molecule has 0 aliphatic carbocycles. The fourth-order valence-electron chi connectivity index (χ4n) is 2.50. The van der Waals surface area contributed by atoms with Gasteiger partial charge in [-0.1, -0.05) is 11.2 Å². The first kappa shape index (κ1) is 17.1. The van der Waals surface area contributed by atoms with Gasteiger partial charge in [0.1, 0.15) is 0 Å². The Kier molecular flexibility index (Phi) is 3.87. The topological polar surface area (TPSA) is 119 Å². The van der Waals surface area contributed by atoms with E-state index in [1.807, 2.05) is 0 Å². The second kappa shape index (κ2) is 5.66. The lowest BCUT2D eigenvalue weighted by molar-refractivity contribution is -0.120. The fraction of sp³-hybridized carbons (Fsp3) is 0.333. The average molecular weight is 363 g/mol. The van der Waals surface area contributed by atoms with Gasteiger partial charge in [-0.25, -0.2) is 13.4 Å². The molecule has 0 spiro atoms. The van der Waals surface area contributed by atoms with Gasteiger partial charge in [-0.15, -0.1) is 0 Å². The quantitative estimate of drug-likeness (QED) is 0.738. The second-order valence-corrected chi connectivity index (χ2v) is 8.11. The lowest BCUT2D eigenvalue weighted by atomic mass is 10.1. The van der Waals surface area contributed by atoms with E-state index in [2.05, 4.69) is 20.4 Å². The highest BCUT2D eigenvalue weighted by atomic mass is 32.2. The largest absolute Gasteiger partial charge is 0.344 e. The van der Waals surface area contributed by atoms with Crippen molar-refractivity contribution in [1.29, 1.82) is 0 Å². The van der Waals surface area contributed by atoms with Gasteiger partial charge < -0.3 is 9.84 Å². The molecule has 0 bridgehead atoms. The van der Waals surface area contributed by atoms with Gasteiger partial charge in [-0.05, 0) is 26.0 Å².